The monoisotopic (exact) mass is 261 g/mol. The van der Waals surface area contributed by atoms with E-state index in [2.05, 4.69) is 4.98 Å². The molecule has 0 saturated carbocycles. The molecule has 0 atom stereocenters. The summed E-state index contributed by atoms with van der Waals surface area (Å²) < 4.78 is 10.6. The maximum absolute atomic E-state index is 11.0. The van der Waals surface area contributed by atoms with Crippen LogP contribution in [-0.4, -0.2) is 23.2 Å². The van der Waals surface area contributed by atoms with Gasteiger partial charge in [-0.25, -0.2) is 9.78 Å². The Balaban J connectivity index is 2.57. The van der Waals surface area contributed by atoms with Crippen LogP contribution in [0.3, 0.4) is 0 Å². The Kier molecular flexibility index (Phi) is 3.55. The molecule has 0 spiro atoms. The van der Waals surface area contributed by atoms with Gasteiger partial charge < -0.3 is 14.3 Å². The summed E-state index contributed by atoms with van der Waals surface area (Å²) in [5.41, 5.74) is 2.12. The zero-order chi connectivity index (χ0) is 14.0. The Hall–Kier alpha value is -2.30. The minimum Gasteiger partial charge on any atom is -0.496 e. The molecule has 5 heteroatoms. The number of carboxylic acid groups (broad SMARTS) is 1. The highest BCUT2D eigenvalue weighted by atomic mass is 16.5. The fraction of sp³-hybridized carbons (Fsp3) is 0.286. The van der Waals surface area contributed by atoms with Crippen molar-refractivity contribution in [3.63, 3.8) is 0 Å². The number of oxazole rings is 1. The molecule has 0 aliphatic heterocycles. The molecule has 0 amide bonds. The zero-order valence-electron chi connectivity index (χ0n) is 11.1. The zero-order valence-corrected chi connectivity index (χ0v) is 11.1. The van der Waals surface area contributed by atoms with E-state index >= 15 is 0 Å². The number of ether oxygens (including phenoxy) is 1. The highest BCUT2D eigenvalue weighted by Gasteiger charge is 2.19. The van der Waals surface area contributed by atoms with E-state index in [9.17, 15) is 4.79 Å². The van der Waals surface area contributed by atoms with Crippen molar-refractivity contribution < 1.29 is 19.1 Å². The number of hydrogen-bond acceptors (Lipinski definition) is 4. The number of aromatic carboxylic acids is 1. The second-order valence-corrected chi connectivity index (χ2v) is 4.13. The SMILES string of the molecule is CCc1ccc(OC)c(-c2nc(C)c(C(=O)O)o2)c1. The first-order valence-corrected chi connectivity index (χ1v) is 5.94. The molecule has 1 aromatic heterocycles. The van der Waals surface area contributed by atoms with Crippen LogP contribution in [0.15, 0.2) is 22.6 Å². The van der Waals surface area contributed by atoms with Gasteiger partial charge in [0.2, 0.25) is 11.7 Å². The van der Waals surface area contributed by atoms with Gasteiger partial charge in [0.1, 0.15) is 5.75 Å². The van der Waals surface area contributed by atoms with Crippen LogP contribution in [0.25, 0.3) is 11.5 Å². The van der Waals surface area contributed by atoms with Gasteiger partial charge in [-0.3, -0.25) is 0 Å². The minimum absolute atomic E-state index is 0.140. The number of rotatable bonds is 4. The third-order valence-corrected chi connectivity index (χ3v) is 2.89. The lowest BCUT2D eigenvalue weighted by Crippen LogP contribution is -1.95. The number of benzene rings is 1. The van der Waals surface area contributed by atoms with Gasteiger partial charge in [-0.1, -0.05) is 13.0 Å². The average molecular weight is 261 g/mol. The lowest BCUT2D eigenvalue weighted by Gasteiger charge is -2.07. The largest absolute Gasteiger partial charge is 0.496 e. The van der Waals surface area contributed by atoms with Crippen LogP contribution in [0.4, 0.5) is 0 Å². The molecule has 1 heterocycles. The predicted octanol–water partition coefficient (Wildman–Crippen LogP) is 2.92. The van der Waals surface area contributed by atoms with Crippen LogP contribution < -0.4 is 4.74 Å². The third kappa shape index (κ3) is 2.45. The first-order chi connectivity index (χ1) is 9.06. The summed E-state index contributed by atoms with van der Waals surface area (Å²) >= 11 is 0. The molecule has 100 valence electrons. The first kappa shape index (κ1) is 13.1. The molecule has 1 N–H and O–H groups in total. The van der Waals surface area contributed by atoms with Crippen molar-refractivity contribution in [1.29, 1.82) is 0 Å². The van der Waals surface area contributed by atoms with Crippen molar-refractivity contribution in [1.82, 2.24) is 4.98 Å². The van der Waals surface area contributed by atoms with Crippen LogP contribution in [0.2, 0.25) is 0 Å². The predicted molar refractivity (Wildman–Crippen MR) is 69.6 cm³/mol. The van der Waals surface area contributed by atoms with Crippen LogP contribution in [0.1, 0.15) is 28.7 Å². The quantitative estimate of drug-likeness (QED) is 0.916. The molecule has 0 radical (unpaired) electrons. The van der Waals surface area contributed by atoms with E-state index < -0.39 is 5.97 Å². The van der Waals surface area contributed by atoms with E-state index in [4.69, 9.17) is 14.3 Å². The Morgan fingerprint density at radius 2 is 2.21 bits per heavy atom. The molecule has 0 aliphatic carbocycles. The number of carboxylic acids is 1. The van der Waals surface area contributed by atoms with Gasteiger partial charge in [0.25, 0.3) is 0 Å². The highest BCUT2D eigenvalue weighted by Crippen LogP contribution is 2.31. The molecule has 2 aromatic rings. The molecular weight excluding hydrogens is 246 g/mol. The number of nitrogens with zero attached hydrogens (tertiary/aromatic N) is 1. The lowest BCUT2D eigenvalue weighted by molar-refractivity contribution is 0.0662. The van der Waals surface area contributed by atoms with Crippen LogP contribution in [0, 0.1) is 6.92 Å². The molecule has 0 bridgehead atoms. The maximum atomic E-state index is 11.0. The second kappa shape index (κ2) is 5.14. The summed E-state index contributed by atoms with van der Waals surface area (Å²) in [6, 6.07) is 5.68. The molecule has 5 nitrogen and oxygen atoms in total. The highest BCUT2D eigenvalue weighted by molar-refractivity contribution is 5.86. The number of methoxy groups -OCH3 is 1. The topological polar surface area (TPSA) is 72.6 Å². The van der Waals surface area contributed by atoms with E-state index in [-0.39, 0.29) is 11.7 Å². The number of hydrogen-bond donors (Lipinski definition) is 1. The van der Waals surface area contributed by atoms with Gasteiger partial charge in [0, 0.05) is 0 Å². The normalized spacial score (nSPS) is 10.5. The van der Waals surface area contributed by atoms with E-state index in [1.165, 1.54) is 0 Å². The summed E-state index contributed by atoms with van der Waals surface area (Å²) in [5.74, 6) is -0.391. The van der Waals surface area contributed by atoms with E-state index in [0.29, 0.717) is 17.0 Å². The molecule has 2 rings (SSSR count). The summed E-state index contributed by atoms with van der Waals surface area (Å²) in [5, 5.41) is 8.99. The van der Waals surface area contributed by atoms with Crippen molar-refractivity contribution in [2.45, 2.75) is 20.3 Å². The van der Waals surface area contributed by atoms with Gasteiger partial charge >= 0.3 is 5.97 Å². The van der Waals surface area contributed by atoms with Gasteiger partial charge in [0.05, 0.1) is 18.4 Å². The van der Waals surface area contributed by atoms with Crippen molar-refractivity contribution >= 4 is 5.97 Å². The Morgan fingerprint density at radius 3 is 2.74 bits per heavy atom. The van der Waals surface area contributed by atoms with Crippen LogP contribution in [0.5, 0.6) is 5.75 Å². The summed E-state index contributed by atoms with van der Waals surface area (Å²) in [4.78, 5) is 15.1. The smallest absolute Gasteiger partial charge is 0.373 e. The summed E-state index contributed by atoms with van der Waals surface area (Å²) in [6.45, 7) is 3.64. The Bertz CT molecular complexity index is 616. The van der Waals surface area contributed by atoms with Crippen molar-refractivity contribution in [3.8, 4) is 17.2 Å². The number of aryl methyl sites for hydroxylation is 2. The lowest BCUT2D eigenvalue weighted by atomic mass is 10.1. The first-order valence-electron chi connectivity index (χ1n) is 5.94. The summed E-state index contributed by atoms with van der Waals surface area (Å²) in [6.07, 6.45) is 0.864. The van der Waals surface area contributed by atoms with Crippen molar-refractivity contribution in [3.05, 3.63) is 35.2 Å². The summed E-state index contributed by atoms with van der Waals surface area (Å²) in [7, 11) is 1.55. The van der Waals surface area contributed by atoms with Gasteiger partial charge in [-0.2, -0.15) is 0 Å². The van der Waals surface area contributed by atoms with Crippen LogP contribution in [-0.2, 0) is 6.42 Å². The molecule has 0 aliphatic rings. The molecule has 0 unspecified atom stereocenters. The van der Waals surface area contributed by atoms with Crippen molar-refractivity contribution in [2.24, 2.45) is 0 Å². The van der Waals surface area contributed by atoms with Crippen LogP contribution >= 0.6 is 0 Å². The maximum Gasteiger partial charge on any atom is 0.373 e. The molecule has 1 aromatic carbocycles. The fourth-order valence-electron chi connectivity index (χ4n) is 1.85. The van der Waals surface area contributed by atoms with Crippen molar-refractivity contribution in [2.75, 3.05) is 7.11 Å². The third-order valence-electron chi connectivity index (χ3n) is 2.89. The van der Waals surface area contributed by atoms with Gasteiger partial charge in [-0.15, -0.1) is 0 Å². The van der Waals surface area contributed by atoms with E-state index in [1.807, 2.05) is 25.1 Å². The molecule has 0 saturated heterocycles. The van der Waals surface area contributed by atoms with Gasteiger partial charge in [-0.05, 0) is 31.0 Å². The average Bonchev–Trinajstić information content (AvgIpc) is 2.80. The fourth-order valence-corrected chi connectivity index (χ4v) is 1.85. The molecular formula is C14H15NO4. The minimum atomic E-state index is -1.12. The second-order valence-electron chi connectivity index (χ2n) is 4.13. The van der Waals surface area contributed by atoms with E-state index in [0.717, 1.165) is 12.0 Å². The number of aromatic nitrogens is 1. The standard InChI is InChI=1S/C14H15NO4/c1-4-9-5-6-11(18-3)10(7-9)13-15-8(2)12(19-13)14(16)17/h5-7H,4H2,1-3H3,(H,16,17). The molecule has 19 heavy (non-hydrogen) atoms. The number of carbonyl (C=O) groups is 1. The van der Waals surface area contributed by atoms with Gasteiger partial charge in [0.15, 0.2) is 0 Å². The Labute approximate surface area is 110 Å². The Morgan fingerprint density at radius 1 is 1.47 bits per heavy atom. The van der Waals surface area contributed by atoms with E-state index in [1.54, 1.807) is 14.0 Å². The molecule has 0 fully saturated rings.